The van der Waals surface area contributed by atoms with Crippen LogP contribution in [0.3, 0.4) is 0 Å². The number of rotatable bonds is 0. The first-order valence-electron chi connectivity index (χ1n) is 4.11. The molecule has 1 aromatic carbocycles. The molecule has 3 heteroatoms. The van der Waals surface area contributed by atoms with Gasteiger partial charge in [0.25, 0.3) is 0 Å². The zero-order chi connectivity index (χ0) is 9.42. The molecule has 0 saturated heterocycles. The summed E-state index contributed by atoms with van der Waals surface area (Å²) in [6.07, 6.45) is 1.78. The number of nitrogens with one attached hydrogen (secondary N) is 1. The monoisotopic (exact) mass is 173 g/mol. The maximum atomic E-state index is 7.54. The highest BCUT2D eigenvalue weighted by molar-refractivity contribution is 5.99. The number of hydrogen-bond acceptors (Lipinski definition) is 2. The minimum Gasteiger partial charge on any atom is -0.397 e. The van der Waals surface area contributed by atoms with Crippen LogP contribution in [0, 0.1) is 5.41 Å². The highest BCUT2D eigenvalue weighted by Gasteiger charge is 2.05. The van der Waals surface area contributed by atoms with Gasteiger partial charge in [-0.3, -0.25) is 5.41 Å². The molecule has 1 heterocycles. The Bertz CT molecular complexity index is 468. The first kappa shape index (κ1) is 7.86. The Labute approximate surface area is 76.3 Å². The maximum Gasteiger partial charge on any atom is 0.101 e. The van der Waals surface area contributed by atoms with Crippen molar-refractivity contribution in [3.05, 3.63) is 30.5 Å². The second-order valence-electron chi connectivity index (χ2n) is 3.06. The summed E-state index contributed by atoms with van der Waals surface area (Å²) >= 11 is 0. The lowest BCUT2D eigenvalue weighted by Gasteiger charge is -1.99. The molecule has 0 spiro atoms. The van der Waals surface area contributed by atoms with E-state index in [-0.39, 0.29) is 0 Å². The number of para-hydroxylation sites is 1. The summed E-state index contributed by atoms with van der Waals surface area (Å²) in [4.78, 5) is 0. The number of fused-ring (bicyclic) bond motifs is 1. The fraction of sp³-hybridized carbons (Fsp3) is 0.100. The second-order valence-corrected chi connectivity index (χ2v) is 3.06. The van der Waals surface area contributed by atoms with Gasteiger partial charge in [-0.15, -0.1) is 0 Å². The predicted molar refractivity (Wildman–Crippen MR) is 55.1 cm³/mol. The third kappa shape index (κ3) is 1.09. The van der Waals surface area contributed by atoms with Gasteiger partial charge in [0.15, 0.2) is 0 Å². The van der Waals surface area contributed by atoms with Gasteiger partial charge in [0.05, 0.1) is 11.2 Å². The largest absolute Gasteiger partial charge is 0.397 e. The van der Waals surface area contributed by atoms with Crippen molar-refractivity contribution in [1.29, 1.82) is 5.41 Å². The summed E-state index contributed by atoms with van der Waals surface area (Å²) in [6, 6.07) is 7.82. The van der Waals surface area contributed by atoms with Crippen molar-refractivity contribution in [2.45, 2.75) is 6.92 Å². The van der Waals surface area contributed by atoms with Crippen LogP contribution in [-0.4, -0.2) is 10.4 Å². The number of nitrogen functional groups attached to an aromatic ring is 1. The smallest absolute Gasteiger partial charge is 0.101 e. The number of nitrogens with two attached hydrogens (primary N) is 1. The summed E-state index contributed by atoms with van der Waals surface area (Å²) in [5.74, 6) is 0.480. The number of anilines is 1. The molecule has 66 valence electrons. The normalized spacial score (nSPS) is 10.5. The van der Waals surface area contributed by atoms with Crippen LogP contribution in [0.2, 0.25) is 0 Å². The molecular formula is C10H11N3. The van der Waals surface area contributed by atoms with Gasteiger partial charge in [-0.05, 0) is 13.0 Å². The van der Waals surface area contributed by atoms with Gasteiger partial charge in [-0.2, -0.15) is 0 Å². The molecule has 0 bridgehead atoms. The first-order chi connectivity index (χ1) is 6.20. The Balaban J connectivity index is 2.85. The van der Waals surface area contributed by atoms with E-state index in [4.69, 9.17) is 11.1 Å². The van der Waals surface area contributed by atoms with E-state index in [0.717, 1.165) is 16.6 Å². The van der Waals surface area contributed by atoms with Gasteiger partial charge in [0.2, 0.25) is 0 Å². The van der Waals surface area contributed by atoms with E-state index in [9.17, 15) is 0 Å². The van der Waals surface area contributed by atoms with Crippen LogP contribution in [0.1, 0.15) is 6.92 Å². The zero-order valence-electron chi connectivity index (χ0n) is 7.41. The van der Waals surface area contributed by atoms with Crippen LogP contribution in [-0.2, 0) is 0 Å². The standard InChI is InChI=1S/C10H11N3/c1-7(11)13-6-9(12)8-4-2-3-5-10(8)13/h2-6,11H,12H2,1H3. The summed E-state index contributed by atoms with van der Waals surface area (Å²) < 4.78 is 1.78. The van der Waals surface area contributed by atoms with Crippen molar-refractivity contribution in [2.24, 2.45) is 0 Å². The molecule has 1 aromatic heterocycles. The topological polar surface area (TPSA) is 54.8 Å². The predicted octanol–water partition coefficient (Wildman–Crippen LogP) is 2.07. The molecule has 2 rings (SSSR count). The first-order valence-corrected chi connectivity index (χ1v) is 4.11. The van der Waals surface area contributed by atoms with E-state index < -0.39 is 0 Å². The molecule has 0 aliphatic carbocycles. The fourth-order valence-corrected chi connectivity index (χ4v) is 1.48. The van der Waals surface area contributed by atoms with Gasteiger partial charge in [0.1, 0.15) is 5.84 Å². The van der Waals surface area contributed by atoms with Crippen LogP contribution < -0.4 is 5.73 Å². The summed E-state index contributed by atoms with van der Waals surface area (Å²) in [5, 5.41) is 8.55. The minimum absolute atomic E-state index is 0.480. The average molecular weight is 173 g/mol. The van der Waals surface area contributed by atoms with Crippen molar-refractivity contribution in [3.63, 3.8) is 0 Å². The van der Waals surface area contributed by atoms with Gasteiger partial charge in [-0.1, -0.05) is 18.2 Å². The Kier molecular flexibility index (Phi) is 1.59. The van der Waals surface area contributed by atoms with Crippen molar-refractivity contribution >= 4 is 22.4 Å². The molecule has 0 fully saturated rings. The van der Waals surface area contributed by atoms with Crippen LogP contribution in [0.4, 0.5) is 5.69 Å². The van der Waals surface area contributed by atoms with Gasteiger partial charge in [-0.25, -0.2) is 0 Å². The molecule has 0 aliphatic heterocycles. The zero-order valence-corrected chi connectivity index (χ0v) is 7.41. The Hall–Kier alpha value is -1.77. The highest BCUT2D eigenvalue weighted by atomic mass is 15.0. The second kappa shape index (κ2) is 2.62. The number of aromatic nitrogens is 1. The van der Waals surface area contributed by atoms with Crippen LogP contribution in [0.15, 0.2) is 30.5 Å². The lowest BCUT2D eigenvalue weighted by molar-refractivity contribution is 1.16. The van der Waals surface area contributed by atoms with Crippen molar-refractivity contribution in [2.75, 3.05) is 5.73 Å². The van der Waals surface area contributed by atoms with Gasteiger partial charge < -0.3 is 10.3 Å². The van der Waals surface area contributed by atoms with E-state index in [1.165, 1.54) is 0 Å². The van der Waals surface area contributed by atoms with E-state index in [1.807, 2.05) is 24.3 Å². The molecule has 0 amide bonds. The molecule has 0 unspecified atom stereocenters. The third-order valence-electron chi connectivity index (χ3n) is 2.10. The quantitative estimate of drug-likeness (QED) is 0.465. The van der Waals surface area contributed by atoms with Crippen LogP contribution in [0.25, 0.3) is 10.9 Å². The molecule has 2 aromatic rings. The Morgan fingerprint density at radius 3 is 2.77 bits per heavy atom. The van der Waals surface area contributed by atoms with Gasteiger partial charge in [0, 0.05) is 11.6 Å². The molecule has 0 atom stereocenters. The number of benzene rings is 1. The SMILES string of the molecule is CC(=N)n1cc(N)c2ccccc21. The van der Waals surface area contributed by atoms with Crippen molar-refractivity contribution < 1.29 is 0 Å². The Morgan fingerprint density at radius 1 is 1.38 bits per heavy atom. The summed E-state index contributed by atoms with van der Waals surface area (Å²) in [5.41, 5.74) is 7.51. The molecular weight excluding hydrogens is 162 g/mol. The van der Waals surface area contributed by atoms with E-state index in [0.29, 0.717) is 5.84 Å². The number of hydrogen-bond donors (Lipinski definition) is 2. The van der Waals surface area contributed by atoms with Gasteiger partial charge >= 0.3 is 0 Å². The summed E-state index contributed by atoms with van der Waals surface area (Å²) in [6.45, 7) is 1.74. The average Bonchev–Trinajstić information content (AvgIpc) is 2.45. The summed E-state index contributed by atoms with van der Waals surface area (Å²) in [7, 11) is 0. The molecule has 0 aliphatic rings. The fourth-order valence-electron chi connectivity index (χ4n) is 1.48. The van der Waals surface area contributed by atoms with Crippen LogP contribution >= 0.6 is 0 Å². The minimum atomic E-state index is 0.480. The Morgan fingerprint density at radius 2 is 2.08 bits per heavy atom. The highest BCUT2D eigenvalue weighted by Crippen LogP contribution is 2.22. The number of nitrogens with zero attached hydrogens (tertiary/aromatic N) is 1. The van der Waals surface area contributed by atoms with Crippen LogP contribution in [0.5, 0.6) is 0 Å². The van der Waals surface area contributed by atoms with Crippen molar-refractivity contribution in [1.82, 2.24) is 4.57 Å². The molecule has 3 N–H and O–H groups in total. The lowest BCUT2D eigenvalue weighted by atomic mass is 10.2. The molecule has 0 saturated carbocycles. The van der Waals surface area contributed by atoms with E-state index in [2.05, 4.69) is 0 Å². The van der Waals surface area contributed by atoms with E-state index >= 15 is 0 Å². The van der Waals surface area contributed by atoms with Crippen molar-refractivity contribution in [3.8, 4) is 0 Å². The lowest BCUT2D eigenvalue weighted by Crippen LogP contribution is -2.02. The molecule has 3 nitrogen and oxygen atoms in total. The molecule has 13 heavy (non-hydrogen) atoms. The van der Waals surface area contributed by atoms with E-state index in [1.54, 1.807) is 17.7 Å². The molecule has 0 radical (unpaired) electrons. The third-order valence-corrected chi connectivity index (χ3v) is 2.10. The maximum absolute atomic E-state index is 7.54.